The summed E-state index contributed by atoms with van der Waals surface area (Å²) in [5.41, 5.74) is 2.36. The Morgan fingerprint density at radius 3 is 2.70 bits per heavy atom. The number of rotatable bonds is 3. The summed E-state index contributed by atoms with van der Waals surface area (Å²) < 4.78 is 6.11. The molecular weight excluding hydrogens is 320 g/mol. The third-order valence-corrected chi connectivity index (χ3v) is 3.89. The van der Waals surface area contributed by atoms with Crippen molar-refractivity contribution in [3.8, 4) is 0 Å². The number of nitrogens with one attached hydrogen (secondary N) is 1. The Morgan fingerprint density at radius 1 is 1.40 bits per heavy atom. The van der Waals surface area contributed by atoms with E-state index in [-0.39, 0.29) is 6.09 Å². The molecule has 1 N–H and O–H groups in total. The highest BCUT2D eigenvalue weighted by molar-refractivity contribution is 9.10. The van der Waals surface area contributed by atoms with Gasteiger partial charge in [0.1, 0.15) is 0 Å². The van der Waals surface area contributed by atoms with Crippen LogP contribution in [0.5, 0.6) is 0 Å². The van der Waals surface area contributed by atoms with Gasteiger partial charge in [-0.15, -0.1) is 0 Å². The van der Waals surface area contributed by atoms with Gasteiger partial charge in [0.05, 0.1) is 6.61 Å². The van der Waals surface area contributed by atoms with Crippen molar-refractivity contribution >= 4 is 27.7 Å². The van der Waals surface area contributed by atoms with Crippen molar-refractivity contribution in [1.29, 1.82) is 0 Å². The van der Waals surface area contributed by atoms with Crippen molar-refractivity contribution in [2.75, 3.05) is 25.0 Å². The van der Waals surface area contributed by atoms with Gasteiger partial charge in [-0.1, -0.05) is 15.9 Å². The van der Waals surface area contributed by atoms with E-state index in [1.165, 1.54) is 5.56 Å². The molecule has 0 spiro atoms. The largest absolute Gasteiger partial charge is 0.450 e. The molecule has 5 heteroatoms. The third-order valence-electron chi connectivity index (χ3n) is 3.43. The van der Waals surface area contributed by atoms with Crippen LogP contribution in [0, 0.1) is 6.92 Å². The number of likely N-dealkylation sites (tertiary alicyclic amines) is 1. The van der Waals surface area contributed by atoms with E-state index >= 15 is 0 Å². The molecular formula is C15H21BrN2O2. The van der Waals surface area contributed by atoms with Gasteiger partial charge >= 0.3 is 6.09 Å². The lowest BCUT2D eigenvalue weighted by molar-refractivity contribution is 0.0983. The second-order valence-electron chi connectivity index (χ2n) is 5.12. The molecule has 1 amide bonds. The summed E-state index contributed by atoms with van der Waals surface area (Å²) in [4.78, 5) is 13.4. The topological polar surface area (TPSA) is 41.6 Å². The van der Waals surface area contributed by atoms with E-state index in [1.54, 1.807) is 4.90 Å². The van der Waals surface area contributed by atoms with Crippen molar-refractivity contribution in [3.05, 3.63) is 28.2 Å². The molecule has 2 rings (SSSR count). The Labute approximate surface area is 128 Å². The molecule has 0 bridgehead atoms. The maximum absolute atomic E-state index is 11.6. The molecule has 4 nitrogen and oxygen atoms in total. The molecule has 0 atom stereocenters. The molecule has 0 aliphatic carbocycles. The SMILES string of the molecule is CCOC(=O)N1CCC(Nc2cc(C)cc(Br)c2)CC1. The van der Waals surface area contributed by atoms with Crippen LogP contribution >= 0.6 is 15.9 Å². The first-order valence-electron chi connectivity index (χ1n) is 7.04. The van der Waals surface area contributed by atoms with Gasteiger partial charge < -0.3 is 15.0 Å². The van der Waals surface area contributed by atoms with E-state index < -0.39 is 0 Å². The number of hydrogen-bond donors (Lipinski definition) is 1. The molecule has 0 saturated carbocycles. The average molecular weight is 341 g/mol. The molecule has 1 fully saturated rings. The lowest BCUT2D eigenvalue weighted by Gasteiger charge is -2.32. The van der Waals surface area contributed by atoms with Crippen LogP contribution in [0.25, 0.3) is 0 Å². The predicted molar refractivity (Wildman–Crippen MR) is 84.1 cm³/mol. The Bertz CT molecular complexity index is 451. The second kappa shape index (κ2) is 6.97. The van der Waals surface area contributed by atoms with Gasteiger partial charge in [0.25, 0.3) is 0 Å². The van der Waals surface area contributed by atoms with Gasteiger partial charge in [-0.2, -0.15) is 0 Å². The van der Waals surface area contributed by atoms with Crippen molar-refractivity contribution in [1.82, 2.24) is 4.90 Å². The van der Waals surface area contributed by atoms with Crippen LogP contribution in [0.15, 0.2) is 22.7 Å². The molecule has 1 aromatic carbocycles. The summed E-state index contributed by atoms with van der Waals surface area (Å²) in [6, 6.07) is 6.73. The minimum absolute atomic E-state index is 0.191. The zero-order chi connectivity index (χ0) is 14.5. The maximum atomic E-state index is 11.6. The van der Waals surface area contributed by atoms with Crippen LogP contribution in [0.1, 0.15) is 25.3 Å². The van der Waals surface area contributed by atoms with Gasteiger partial charge in [0.15, 0.2) is 0 Å². The number of piperidine rings is 1. The zero-order valence-corrected chi connectivity index (χ0v) is 13.6. The summed E-state index contributed by atoms with van der Waals surface area (Å²) in [5, 5.41) is 3.55. The first-order chi connectivity index (χ1) is 9.58. The molecule has 1 heterocycles. The van der Waals surface area contributed by atoms with Gasteiger partial charge in [-0.05, 0) is 50.5 Å². The minimum atomic E-state index is -0.191. The lowest BCUT2D eigenvalue weighted by Crippen LogP contribution is -2.42. The highest BCUT2D eigenvalue weighted by Crippen LogP contribution is 2.22. The molecule has 1 saturated heterocycles. The third kappa shape index (κ3) is 4.13. The number of carbonyl (C=O) groups excluding carboxylic acids is 1. The fourth-order valence-corrected chi connectivity index (χ4v) is 3.08. The molecule has 0 aromatic heterocycles. The molecule has 1 aliphatic rings. The summed E-state index contributed by atoms with van der Waals surface area (Å²) >= 11 is 3.51. The van der Waals surface area contributed by atoms with Gasteiger partial charge in [-0.25, -0.2) is 4.79 Å². The Balaban J connectivity index is 1.86. The van der Waals surface area contributed by atoms with Crippen molar-refractivity contribution in [2.45, 2.75) is 32.7 Å². The van der Waals surface area contributed by atoms with Crippen molar-refractivity contribution in [3.63, 3.8) is 0 Å². The van der Waals surface area contributed by atoms with Gasteiger partial charge in [-0.3, -0.25) is 0 Å². The fraction of sp³-hybridized carbons (Fsp3) is 0.533. The van der Waals surface area contributed by atoms with Gasteiger partial charge in [0, 0.05) is 29.3 Å². The van der Waals surface area contributed by atoms with Crippen molar-refractivity contribution < 1.29 is 9.53 Å². The van der Waals surface area contributed by atoms with Crippen LogP contribution in [0.3, 0.4) is 0 Å². The second-order valence-corrected chi connectivity index (χ2v) is 6.04. The number of aryl methyl sites for hydroxylation is 1. The number of ether oxygens (including phenoxy) is 1. The van der Waals surface area contributed by atoms with Crippen LogP contribution in [-0.2, 0) is 4.74 Å². The fourth-order valence-electron chi connectivity index (χ4n) is 2.48. The highest BCUT2D eigenvalue weighted by Gasteiger charge is 2.23. The highest BCUT2D eigenvalue weighted by atomic mass is 79.9. The maximum Gasteiger partial charge on any atom is 0.409 e. The van der Waals surface area contributed by atoms with E-state index in [1.807, 2.05) is 6.92 Å². The first kappa shape index (κ1) is 15.2. The Hall–Kier alpha value is -1.23. The van der Waals surface area contributed by atoms with Gasteiger partial charge in [0.2, 0.25) is 0 Å². The summed E-state index contributed by atoms with van der Waals surface area (Å²) in [7, 11) is 0. The number of hydrogen-bond acceptors (Lipinski definition) is 3. The monoisotopic (exact) mass is 340 g/mol. The van der Waals surface area contributed by atoms with E-state index in [9.17, 15) is 4.79 Å². The number of carbonyl (C=O) groups is 1. The zero-order valence-electron chi connectivity index (χ0n) is 12.0. The Kier molecular flexibility index (Phi) is 5.29. The normalized spacial score (nSPS) is 16.1. The van der Waals surface area contributed by atoms with E-state index in [0.717, 1.165) is 36.1 Å². The van der Waals surface area contributed by atoms with Crippen LogP contribution in [0.4, 0.5) is 10.5 Å². The van der Waals surface area contributed by atoms with Crippen LogP contribution in [0.2, 0.25) is 0 Å². The van der Waals surface area contributed by atoms with Crippen LogP contribution in [-0.4, -0.2) is 36.7 Å². The number of halogens is 1. The summed E-state index contributed by atoms with van der Waals surface area (Å²) in [5.74, 6) is 0. The number of nitrogens with zero attached hydrogens (tertiary/aromatic N) is 1. The lowest BCUT2D eigenvalue weighted by atomic mass is 10.0. The molecule has 0 unspecified atom stereocenters. The molecule has 1 aromatic rings. The first-order valence-corrected chi connectivity index (χ1v) is 7.83. The average Bonchev–Trinajstić information content (AvgIpc) is 2.38. The van der Waals surface area contributed by atoms with E-state index in [4.69, 9.17) is 4.74 Å². The van der Waals surface area contributed by atoms with Crippen LogP contribution < -0.4 is 5.32 Å². The minimum Gasteiger partial charge on any atom is -0.450 e. The Morgan fingerprint density at radius 2 is 2.10 bits per heavy atom. The molecule has 110 valence electrons. The predicted octanol–water partition coefficient (Wildman–Crippen LogP) is 3.79. The summed E-state index contributed by atoms with van der Waals surface area (Å²) in [6.07, 6.45) is 1.71. The number of benzene rings is 1. The van der Waals surface area contributed by atoms with E-state index in [2.05, 4.69) is 46.4 Å². The van der Waals surface area contributed by atoms with E-state index in [0.29, 0.717) is 12.6 Å². The smallest absolute Gasteiger partial charge is 0.409 e. The molecule has 20 heavy (non-hydrogen) atoms. The molecule has 1 aliphatic heterocycles. The number of anilines is 1. The number of amides is 1. The quantitative estimate of drug-likeness (QED) is 0.909. The van der Waals surface area contributed by atoms with Crippen molar-refractivity contribution in [2.24, 2.45) is 0 Å². The summed E-state index contributed by atoms with van der Waals surface area (Å²) in [6.45, 7) is 5.86. The standard InChI is InChI=1S/C15H21BrN2O2/c1-3-20-15(19)18-6-4-13(5-7-18)17-14-9-11(2)8-12(16)10-14/h8-10,13,17H,3-7H2,1-2H3. The molecule has 0 radical (unpaired) electrons.